The minimum absolute atomic E-state index is 0.0618. The smallest absolute Gasteiger partial charge is 0.340 e. The van der Waals surface area contributed by atoms with Gasteiger partial charge in [-0.1, -0.05) is 31.9 Å². The molecular weight excluding hydrogens is 344 g/mol. The Bertz CT molecular complexity index is 732. The van der Waals surface area contributed by atoms with E-state index >= 15 is 0 Å². The Hall–Kier alpha value is -2.09. The number of ether oxygens (including phenoxy) is 1. The molecule has 0 aliphatic heterocycles. The van der Waals surface area contributed by atoms with E-state index in [2.05, 4.69) is 17.0 Å². The number of esters is 1. The molecule has 1 aromatic rings. The number of rotatable bonds is 6. The number of carbonyl (C=O) groups excluding carboxylic acids is 2. The van der Waals surface area contributed by atoms with Gasteiger partial charge < -0.3 is 10.1 Å². The fourth-order valence-corrected chi connectivity index (χ4v) is 3.52. The molecule has 138 valence electrons. The van der Waals surface area contributed by atoms with Gasteiger partial charge in [-0.15, -0.1) is 0 Å². The summed E-state index contributed by atoms with van der Waals surface area (Å²) in [5, 5.41) is 2.90. The number of benzene rings is 1. The van der Waals surface area contributed by atoms with Crippen LogP contribution in [0.5, 0.6) is 0 Å². The van der Waals surface area contributed by atoms with Crippen LogP contribution in [0.1, 0.15) is 43.0 Å². The van der Waals surface area contributed by atoms with Crippen molar-refractivity contribution in [3.63, 3.8) is 0 Å². The molecule has 8 heteroatoms. The molecule has 2 rings (SSSR count). The minimum Gasteiger partial charge on any atom is -0.452 e. The van der Waals surface area contributed by atoms with Crippen molar-refractivity contribution < 1.29 is 22.7 Å². The molecule has 1 amide bonds. The summed E-state index contributed by atoms with van der Waals surface area (Å²) in [6, 6.07) is 6.20. The van der Waals surface area contributed by atoms with Crippen molar-refractivity contribution in [3.8, 4) is 0 Å². The zero-order valence-corrected chi connectivity index (χ0v) is 15.3. The van der Waals surface area contributed by atoms with Gasteiger partial charge >= 0.3 is 5.97 Å². The Kier molecular flexibility index (Phi) is 6.41. The first-order chi connectivity index (χ1) is 11.8. The summed E-state index contributed by atoms with van der Waals surface area (Å²) in [6.07, 6.45) is 5.26. The van der Waals surface area contributed by atoms with Gasteiger partial charge in [0.2, 0.25) is 10.0 Å². The third-order valence-corrected chi connectivity index (χ3v) is 4.83. The van der Waals surface area contributed by atoms with Crippen LogP contribution in [0.25, 0.3) is 0 Å². The van der Waals surface area contributed by atoms with Gasteiger partial charge in [-0.3, -0.25) is 9.52 Å². The fourth-order valence-electron chi connectivity index (χ4n) is 2.94. The normalized spacial score (nSPS) is 20.6. The van der Waals surface area contributed by atoms with Gasteiger partial charge in [-0.25, -0.2) is 13.2 Å². The van der Waals surface area contributed by atoms with Crippen LogP contribution in [0.3, 0.4) is 0 Å². The summed E-state index contributed by atoms with van der Waals surface area (Å²) < 4.78 is 30.0. The standard InChI is InChI=1S/C17H24N2O5S/c1-12-7-3-5-9-14(12)18-16(20)11-24-17(21)13-8-4-6-10-15(13)19-25(2,22)23/h4,6,8,10,12,14,19H,3,5,7,9,11H2,1-2H3,(H,18,20)/t12-,14+/m1/s1. The largest absolute Gasteiger partial charge is 0.452 e. The van der Waals surface area contributed by atoms with Crippen molar-refractivity contribution in [2.45, 2.75) is 38.6 Å². The summed E-state index contributed by atoms with van der Waals surface area (Å²) in [6.45, 7) is 1.71. The first kappa shape index (κ1) is 19.2. The zero-order chi connectivity index (χ0) is 18.4. The molecule has 0 spiro atoms. The maximum Gasteiger partial charge on any atom is 0.340 e. The predicted octanol–water partition coefficient (Wildman–Crippen LogP) is 1.91. The second-order valence-electron chi connectivity index (χ2n) is 6.43. The van der Waals surface area contributed by atoms with Gasteiger partial charge in [0.05, 0.1) is 17.5 Å². The third kappa shape index (κ3) is 6.04. The van der Waals surface area contributed by atoms with Gasteiger partial charge in [0.15, 0.2) is 6.61 Å². The maximum atomic E-state index is 12.2. The molecule has 25 heavy (non-hydrogen) atoms. The molecule has 1 aromatic carbocycles. The van der Waals surface area contributed by atoms with E-state index < -0.39 is 22.6 Å². The molecule has 7 nitrogen and oxygen atoms in total. The first-order valence-corrected chi connectivity index (χ1v) is 10.2. The van der Waals surface area contributed by atoms with Gasteiger partial charge in [-0.05, 0) is 30.9 Å². The molecule has 1 aliphatic carbocycles. The van der Waals surface area contributed by atoms with Crippen LogP contribution >= 0.6 is 0 Å². The highest BCUT2D eigenvalue weighted by Crippen LogP contribution is 2.23. The van der Waals surface area contributed by atoms with Gasteiger partial charge in [0.25, 0.3) is 5.91 Å². The van der Waals surface area contributed by atoms with Crippen molar-refractivity contribution in [1.29, 1.82) is 0 Å². The van der Waals surface area contributed by atoms with E-state index in [0.29, 0.717) is 5.92 Å². The maximum absolute atomic E-state index is 12.2. The van der Waals surface area contributed by atoms with Gasteiger partial charge in [0, 0.05) is 6.04 Å². The minimum atomic E-state index is -3.53. The number of anilines is 1. The lowest BCUT2D eigenvalue weighted by molar-refractivity contribution is -0.125. The highest BCUT2D eigenvalue weighted by atomic mass is 32.2. The highest BCUT2D eigenvalue weighted by Gasteiger charge is 2.23. The fraction of sp³-hybridized carbons (Fsp3) is 0.529. The van der Waals surface area contributed by atoms with E-state index in [9.17, 15) is 18.0 Å². The Morgan fingerprint density at radius 1 is 1.20 bits per heavy atom. The Balaban J connectivity index is 1.93. The number of nitrogens with one attached hydrogen (secondary N) is 2. The summed E-state index contributed by atoms with van der Waals surface area (Å²) in [5.74, 6) is -0.688. The topological polar surface area (TPSA) is 102 Å². The summed E-state index contributed by atoms with van der Waals surface area (Å²) >= 11 is 0. The quantitative estimate of drug-likeness (QED) is 0.747. The van der Waals surface area contributed by atoms with E-state index in [1.807, 2.05) is 0 Å². The molecule has 0 saturated heterocycles. The van der Waals surface area contributed by atoms with Crippen LogP contribution in [-0.4, -0.2) is 39.2 Å². The SMILES string of the molecule is C[C@@H]1CCCC[C@@H]1NC(=O)COC(=O)c1ccccc1NS(C)(=O)=O. The molecule has 0 aromatic heterocycles. The molecular formula is C17H24N2O5S. The lowest BCUT2D eigenvalue weighted by Gasteiger charge is -2.29. The number of para-hydroxylation sites is 1. The van der Waals surface area contributed by atoms with E-state index in [-0.39, 0.29) is 23.2 Å². The predicted molar refractivity (Wildman–Crippen MR) is 94.8 cm³/mol. The van der Waals surface area contributed by atoms with Crippen LogP contribution in [0.4, 0.5) is 5.69 Å². The monoisotopic (exact) mass is 368 g/mol. The molecule has 0 bridgehead atoms. The van der Waals surface area contributed by atoms with Gasteiger partial charge in [-0.2, -0.15) is 0 Å². The molecule has 0 heterocycles. The number of hydrogen-bond donors (Lipinski definition) is 2. The lowest BCUT2D eigenvalue weighted by atomic mass is 9.86. The average Bonchev–Trinajstić information content (AvgIpc) is 2.54. The van der Waals surface area contributed by atoms with Crippen molar-refractivity contribution in [3.05, 3.63) is 29.8 Å². The second-order valence-corrected chi connectivity index (χ2v) is 8.18. The van der Waals surface area contributed by atoms with E-state index in [0.717, 1.165) is 25.5 Å². The Morgan fingerprint density at radius 2 is 1.88 bits per heavy atom. The molecule has 1 fully saturated rings. The van der Waals surface area contributed by atoms with E-state index in [1.54, 1.807) is 12.1 Å². The summed E-state index contributed by atoms with van der Waals surface area (Å²) in [7, 11) is -3.53. The van der Waals surface area contributed by atoms with Crippen LogP contribution in [0, 0.1) is 5.92 Å². The average molecular weight is 368 g/mol. The van der Waals surface area contributed by atoms with Crippen molar-refractivity contribution in [1.82, 2.24) is 5.32 Å². The lowest BCUT2D eigenvalue weighted by Crippen LogP contribution is -2.42. The van der Waals surface area contributed by atoms with Crippen molar-refractivity contribution in [2.75, 3.05) is 17.6 Å². The second kappa shape index (κ2) is 8.33. The molecule has 2 atom stereocenters. The first-order valence-electron chi connectivity index (χ1n) is 8.29. The molecule has 1 saturated carbocycles. The van der Waals surface area contributed by atoms with Crippen molar-refractivity contribution >= 4 is 27.6 Å². The molecule has 0 radical (unpaired) electrons. The number of hydrogen-bond acceptors (Lipinski definition) is 5. The summed E-state index contributed by atoms with van der Waals surface area (Å²) in [4.78, 5) is 24.2. The van der Waals surface area contributed by atoms with Crippen molar-refractivity contribution in [2.24, 2.45) is 5.92 Å². The highest BCUT2D eigenvalue weighted by molar-refractivity contribution is 7.92. The Morgan fingerprint density at radius 3 is 2.56 bits per heavy atom. The van der Waals surface area contributed by atoms with E-state index in [1.165, 1.54) is 18.6 Å². The van der Waals surface area contributed by atoms with Crippen LogP contribution < -0.4 is 10.0 Å². The number of carbonyl (C=O) groups is 2. The van der Waals surface area contributed by atoms with E-state index in [4.69, 9.17) is 4.74 Å². The zero-order valence-electron chi connectivity index (χ0n) is 14.4. The number of amides is 1. The third-order valence-electron chi connectivity index (χ3n) is 4.23. The molecule has 2 N–H and O–H groups in total. The number of sulfonamides is 1. The van der Waals surface area contributed by atoms with Crippen LogP contribution in [-0.2, 0) is 19.6 Å². The van der Waals surface area contributed by atoms with Crippen LogP contribution in [0.2, 0.25) is 0 Å². The summed E-state index contributed by atoms with van der Waals surface area (Å²) in [5.41, 5.74) is 0.183. The molecule has 0 unspecified atom stereocenters. The Labute approximate surface area is 148 Å². The van der Waals surface area contributed by atoms with Crippen LogP contribution in [0.15, 0.2) is 24.3 Å². The van der Waals surface area contributed by atoms with Gasteiger partial charge in [0.1, 0.15) is 0 Å². The molecule has 1 aliphatic rings.